The number of aromatic nitrogens is 1. The lowest BCUT2D eigenvalue weighted by Crippen LogP contribution is -2.49. The third-order valence-corrected chi connectivity index (χ3v) is 6.91. The number of ether oxygens (including phenoxy) is 1. The number of halogens is 1. The van der Waals surface area contributed by atoms with Crippen molar-refractivity contribution >= 4 is 39.0 Å². The summed E-state index contributed by atoms with van der Waals surface area (Å²) in [5.74, 6) is 0.952. The van der Waals surface area contributed by atoms with Gasteiger partial charge in [0.1, 0.15) is 16.7 Å². The van der Waals surface area contributed by atoms with Crippen molar-refractivity contribution in [3.63, 3.8) is 0 Å². The molecule has 1 aliphatic heterocycles. The summed E-state index contributed by atoms with van der Waals surface area (Å²) in [5, 5.41) is 0.422. The van der Waals surface area contributed by atoms with Crippen molar-refractivity contribution in [1.82, 2.24) is 9.88 Å². The Balaban J connectivity index is 1.47. The van der Waals surface area contributed by atoms with Gasteiger partial charge in [-0.25, -0.2) is 13.4 Å². The van der Waals surface area contributed by atoms with Crippen LogP contribution in [0.15, 0.2) is 71.6 Å². The number of anilines is 2. The van der Waals surface area contributed by atoms with Gasteiger partial charge in [-0.1, -0.05) is 35.9 Å². The van der Waals surface area contributed by atoms with Crippen molar-refractivity contribution in [2.75, 3.05) is 42.9 Å². The maximum absolute atomic E-state index is 13.1. The fourth-order valence-corrected chi connectivity index (χ4v) is 4.90. The van der Waals surface area contributed by atoms with E-state index in [2.05, 4.69) is 14.6 Å². The maximum atomic E-state index is 13.1. The van der Waals surface area contributed by atoms with Gasteiger partial charge in [-0.05, 0) is 42.5 Å². The van der Waals surface area contributed by atoms with Crippen LogP contribution in [0, 0.1) is 0 Å². The van der Waals surface area contributed by atoms with Gasteiger partial charge in [0.15, 0.2) is 0 Å². The zero-order chi connectivity index (χ0) is 23.4. The number of carbonyl (C=O) groups excluding carboxylic acids is 1. The molecule has 0 bridgehead atoms. The molecule has 33 heavy (non-hydrogen) atoms. The molecule has 2 heterocycles. The van der Waals surface area contributed by atoms with Crippen LogP contribution in [0.3, 0.4) is 0 Å². The highest BCUT2D eigenvalue weighted by molar-refractivity contribution is 7.92. The number of nitrogens with zero attached hydrogens (tertiary/aromatic N) is 3. The number of nitrogens with one attached hydrogen (secondary N) is 1. The molecular formula is C23H23ClN4O4S. The number of rotatable bonds is 6. The van der Waals surface area contributed by atoms with Crippen LogP contribution in [0.4, 0.5) is 11.5 Å². The minimum Gasteiger partial charge on any atom is -0.495 e. The molecule has 1 amide bonds. The van der Waals surface area contributed by atoms with Crippen LogP contribution in [-0.4, -0.2) is 57.5 Å². The van der Waals surface area contributed by atoms with Crippen molar-refractivity contribution in [2.45, 2.75) is 4.90 Å². The number of piperazine rings is 1. The second-order valence-corrected chi connectivity index (χ2v) is 9.50. The third-order valence-electron chi connectivity index (χ3n) is 5.33. The molecule has 0 unspecified atom stereocenters. The fraction of sp³-hybridized carbons (Fsp3) is 0.217. The molecule has 1 saturated heterocycles. The number of amides is 1. The lowest BCUT2D eigenvalue weighted by Gasteiger charge is -2.35. The van der Waals surface area contributed by atoms with Crippen LogP contribution in [0.1, 0.15) is 10.4 Å². The zero-order valence-electron chi connectivity index (χ0n) is 17.9. The molecule has 0 saturated carbocycles. The molecule has 0 spiro atoms. The first-order valence-electron chi connectivity index (χ1n) is 10.3. The zero-order valence-corrected chi connectivity index (χ0v) is 19.5. The number of benzene rings is 2. The summed E-state index contributed by atoms with van der Waals surface area (Å²) in [5.41, 5.74) is 0.634. The molecule has 10 heteroatoms. The topological polar surface area (TPSA) is 91.8 Å². The smallest absolute Gasteiger partial charge is 0.262 e. The molecule has 8 nitrogen and oxygen atoms in total. The van der Waals surface area contributed by atoms with Gasteiger partial charge in [0.05, 0.1) is 17.7 Å². The minimum absolute atomic E-state index is 0.000944. The number of hydrogen-bond donors (Lipinski definition) is 1. The van der Waals surface area contributed by atoms with Crippen molar-refractivity contribution in [3.8, 4) is 5.75 Å². The summed E-state index contributed by atoms with van der Waals surface area (Å²) in [6.45, 7) is 2.19. The maximum Gasteiger partial charge on any atom is 0.262 e. The average molecular weight is 487 g/mol. The van der Waals surface area contributed by atoms with Gasteiger partial charge < -0.3 is 14.5 Å². The van der Waals surface area contributed by atoms with Gasteiger partial charge in [-0.2, -0.15) is 0 Å². The standard InChI is InChI=1S/C23H23ClN4O4S/c1-32-20-9-3-2-8-19(20)26-33(30,31)18-7-4-6-17(16-18)23(29)28-14-12-27(13-15-28)22-11-5-10-21(24)25-22/h2-11,16,26H,12-15H2,1H3. The van der Waals surface area contributed by atoms with Gasteiger partial charge in [0, 0.05) is 31.7 Å². The van der Waals surface area contributed by atoms with Crippen LogP contribution in [0.2, 0.25) is 5.15 Å². The van der Waals surface area contributed by atoms with E-state index in [1.807, 2.05) is 12.1 Å². The average Bonchev–Trinajstić information content (AvgIpc) is 2.84. The van der Waals surface area contributed by atoms with Gasteiger partial charge >= 0.3 is 0 Å². The molecule has 1 N–H and O–H groups in total. The van der Waals surface area contributed by atoms with Gasteiger partial charge in [0.2, 0.25) is 0 Å². The minimum atomic E-state index is -3.91. The number of hydrogen-bond acceptors (Lipinski definition) is 6. The van der Waals surface area contributed by atoms with Crippen molar-refractivity contribution < 1.29 is 17.9 Å². The van der Waals surface area contributed by atoms with E-state index in [4.69, 9.17) is 16.3 Å². The second-order valence-electron chi connectivity index (χ2n) is 7.43. The van der Waals surface area contributed by atoms with Crippen LogP contribution < -0.4 is 14.4 Å². The molecule has 1 fully saturated rings. The number of sulfonamides is 1. The van der Waals surface area contributed by atoms with E-state index < -0.39 is 10.0 Å². The van der Waals surface area contributed by atoms with Crippen molar-refractivity contribution in [3.05, 3.63) is 77.4 Å². The van der Waals surface area contributed by atoms with Crippen LogP contribution in [0.5, 0.6) is 5.75 Å². The summed E-state index contributed by atoms with van der Waals surface area (Å²) in [6.07, 6.45) is 0. The summed E-state index contributed by atoms with van der Waals surface area (Å²) < 4.78 is 33.6. The fourth-order valence-electron chi connectivity index (χ4n) is 3.62. The molecule has 172 valence electrons. The van der Waals surface area contributed by atoms with Gasteiger partial charge in [-0.15, -0.1) is 0 Å². The molecular weight excluding hydrogens is 464 g/mol. The van der Waals surface area contributed by atoms with Crippen LogP contribution in [0.25, 0.3) is 0 Å². The van der Waals surface area contributed by atoms with E-state index in [-0.39, 0.29) is 10.8 Å². The molecule has 0 aliphatic carbocycles. The number of carbonyl (C=O) groups is 1. The van der Waals surface area contributed by atoms with Crippen LogP contribution >= 0.6 is 11.6 Å². The largest absolute Gasteiger partial charge is 0.495 e. The van der Waals surface area contributed by atoms with Crippen molar-refractivity contribution in [2.24, 2.45) is 0 Å². The first-order chi connectivity index (χ1) is 15.9. The van der Waals surface area contributed by atoms with E-state index in [1.165, 1.54) is 19.2 Å². The molecule has 1 aliphatic rings. The van der Waals surface area contributed by atoms with E-state index in [0.717, 1.165) is 5.82 Å². The Morgan fingerprint density at radius 1 is 1.00 bits per heavy atom. The van der Waals surface area contributed by atoms with Gasteiger partial charge in [-0.3, -0.25) is 9.52 Å². The lowest BCUT2D eigenvalue weighted by molar-refractivity contribution is 0.0746. The molecule has 2 aromatic carbocycles. The second kappa shape index (κ2) is 9.68. The molecule has 0 radical (unpaired) electrons. The Labute approximate surface area is 197 Å². The first kappa shape index (κ1) is 22.9. The summed E-state index contributed by atoms with van der Waals surface area (Å²) >= 11 is 5.98. The number of methoxy groups -OCH3 is 1. The first-order valence-corrected chi connectivity index (χ1v) is 12.2. The predicted octanol–water partition coefficient (Wildman–Crippen LogP) is 3.51. The van der Waals surface area contributed by atoms with Crippen LogP contribution in [-0.2, 0) is 10.0 Å². The molecule has 1 aromatic heterocycles. The Bertz CT molecular complexity index is 1260. The van der Waals surface area contributed by atoms with E-state index in [1.54, 1.807) is 47.4 Å². The summed E-state index contributed by atoms with van der Waals surface area (Å²) in [6, 6.07) is 18.2. The molecule has 4 rings (SSSR count). The Hall–Kier alpha value is -3.30. The SMILES string of the molecule is COc1ccccc1NS(=O)(=O)c1cccc(C(=O)N2CCN(c3cccc(Cl)n3)CC2)c1. The molecule has 3 aromatic rings. The highest BCUT2D eigenvalue weighted by atomic mass is 35.5. The Morgan fingerprint density at radius 2 is 1.73 bits per heavy atom. The monoisotopic (exact) mass is 486 g/mol. The van der Waals surface area contributed by atoms with Crippen molar-refractivity contribution in [1.29, 1.82) is 0 Å². The normalized spacial score (nSPS) is 14.1. The summed E-state index contributed by atoms with van der Waals surface area (Å²) in [7, 11) is -2.44. The third kappa shape index (κ3) is 5.20. The van der Waals surface area contributed by atoms with E-state index in [0.29, 0.717) is 48.3 Å². The predicted molar refractivity (Wildman–Crippen MR) is 128 cm³/mol. The number of para-hydroxylation sites is 2. The molecule has 0 atom stereocenters. The summed E-state index contributed by atoms with van der Waals surface area (Å²) in [4.78, 5) is 21.2. The Morgan fingerprint density at radius 3 is 2.45 bits per heavy atom. The lowest BCUT2D eigenvalue weighted by atomic mass is 10.2. The quantitative estimate of drug-likeness (QED) is 0.536. The highest BCUT2D eigenvalue weighted by Crippen LogP contribution is 2.26. The number of pyridine rings is 1. The van der Waals surface area contributed by atoms with E-state index in [9.17, 15) is 13.2 Å². The highest BCUT2D eigenvalue weighted by Gasteiger charge is 2.24. The van der Waals surface area contributed by atoms with E-state index >= 15 is 0 Å². The van der Waals surface area contributed by atoms with Gasteiger partial charge in [0.25, 0.3) is 15.9 Å². The Kier molecular flexibility index (Phi) is 6.71.